The van der Waals surface area contributed by atoms with Crippen molar-refractivity contribution in [2.45, 2.75) is 44.6 Å². The zero-order valence-corrected chi connectivity index (χ0v) is 18.5. The fourth-order valence-electron chi connectivity index (χ4n) is 4.02. The van der Waals surface area contributed by atoms with Gasteiger partial charge < -0.3 is 15.5 Å². The summed E-state index contributed by atoms with van der Waals surface area (Å²) < 4.78 is 0. The molecule has 164 valence electrons. The second kappa shape index (κ2) is 9.74. The summed E-state index contributed by atoms with van der Waals surface area (Å²) in [6.45, 7) is 0.932. The molecule has 2 fully saturated rings. The Morgan fingerprint density at radius 1 is 1.00 bits per heavy atom. The van der Waals surface area contributed by atoms with Crippen LogP contribution in [0.15, 0.2) is 24.3 Å². The molecule has 1 saturated heterocycles. The van der Waals surface area contributed by atoms with E-state index in [1.54, 1.807) is 29.2 Å². The van der Waals surface area contributed by atoms with Crippen molar-refractivity contribution in [1.82, 2.24) is 20.4 Å². The Morgan fingerprint density at radius 2 is 1.71 bits per heavy atom. The number of hydrogen-bond acceptors (Lipinski definition) is 6. The fourth-order valence-corrected chi connectivity index (χ4v) is 4.85. The highest BCUT2D eigenvalue weighted by atomic mass is 35.5. The van der Waals surface area contributed by atoms with Crippen LogP contribution in [0.2, 0.25) is 5.02 Å². The van der Waals surface area contributed by atoms with Gasteiger partial charge in [0.2, 0.25) is 15.9 Å². The molecule has 2 aliphatic rings. The highest BCUT2D eigenvalue weighted by molar-refractivity contribution is 7.15. The third kappa shape index (κ3) is 5.40. The summed E-state index contributed by atoms with van der Waals surface area (Å²) >= 11 is 6.80. The van der Waals surface area contributed by atoms with E-state index in [9.17, 15) is 14.4 Å². The van der Waals surface area contributed by atoms with Gasteiger partial charge in [-0.1, -0.05) is 35.8 Å². The molecular weight excluding hydrogens is 438 g/mol. The lowest BCUT2D eigenvalue weighted by molar-refractivity contribution is -0.127. The number of piperidine rings is 1. The van der Waals surface area contributed by atoms with E-state index in [0.29, 0.717) is 23.8 Å². The van der Waals surface area contributed by atoms with Crippen molar-refractivity contribution in [1.29, 1.82) is 0 Å². The van der Waals surface area contributed by atoms with Crippen LogP contribution in [0.25, 0.3) is 0 Å². The number of amides is 3. The molecule has 10 heteroatoms. The van der Waals surface area contributed by atoms with Crippen molar-refractivity contribution in [2.24, 2.45) is 5.92 Å². The Balaban J connectivity index is 1.35. The number of rotatable bonds is 5. The second-order valence-corrected chi connectivity index (χ2v) is 9.37. The van der Waals surface area contributed by atoms with Gasteiger partial charge in [-0.25, -0.2) is 0 Å². The largest absolute Gasteiger partial charge is 0.353 e. The molecular formula is C21H24ClN5O3S. The van der Waals surface area contributed by atoms with Crippen LogP contribution in [0, 0.1) is 5.92 Å². The molecule has 1 aliphatic heterocycles. The molecule has 31 heavy (non-hydrogen) atoms. The zero-order chi connectivity index (χ0) is 21.8. The maximum atomic E-state index is 12.9. The molecule has 3 amide bonds. The lowest BCUT2D eigenvalue weighted by Crippen LogP contribution is -2.47. The van der Waals surface area contributed by atoms with Gasteiger partial charge >= 0.3 is 0 Å². The van der Waals surface area contributed by atoms with E-state index in [0.717, 1.165) is 49.9 Å². The average Bonchev–Trinajstić information content (AvgIpc) is 3.47. The van der Waals surface area contributed by atoms with Crippen LogP contribution in [0.1, 0.15) is 58.1 Å². The van der Waals surface area contributed by atoms with Crippen LogP contribution in [-0.4, -0.2) is 52.0 Å². The van der Waals surface area contributed by atoms with Crippen molar-refractivity contribution in [2.75, 3.05) is 18.4 Å². The Bertz CT molecular complexity index is 958. The molecule has 1 unspecified atom stereocenters. The summed E-state index contributed by atoms with van der Waals surface area (Å²) in [6.07, 6.45) is 5.92. The van der Waals surface area contributed by atoms with E-state index in [1.165, 1.54) is 0 Å². The molecule has 2 heterocycles. The number of halogens is 1. The Kier molecular flexibility index (Phi) is 6.82. The number of carbonyl (C=O) groups excluding carboxylic acids is 3. The Hall–Kier alpha value is -2.52. The molecule has 4 rings (SSSR count). The van der Waals surface area contributed by atoms with Crippen LogP contribution in [-0.2, 0) is 4.79 Å². The number of benzene rings is 1. The quantitative estimate of drug-likeness (QED) is 0.710. The van der Waals surface area contributed by atoms with E-state index < -0.39 is 5.91 Å². The fraction of sp³-hybridized carbons (Fsp3) is 0.476. The predicted molar refractivity (Wildman–Crippen MR) is 118 cm³/mol. The van der Waals surface area contributed by atoms with Gasteiger partial charge in [-0.05, 0) is 49.9 Å². The second-order valence-electron chi connectivity index (χ2n) is 7.95. The summed E-state index contributed by atoms with van der Waals surface area (Å²) in [7, 11) is 0. The number of nitrogens with one attached hydrogen (secondary N) is 2. The molecule has 8 nitrogen and oxygen atoms in total. The summed E-state index contributed by atoms with van der Waals surface area (Å²) in [5.41, 5.74) is 0.574. The first-order valence-electron chi connectivity index (χ1n) is 10.5. The van der Waals surface area contributed by atoms with Crippen LogP contribution >= 0.6 is 22.9 Å². The van der Waals surface area contributed by atoms with Gasteiger partial charge in [0.25, 0.3) is 11.8 Å². The van der Waals surface area contributed by atoms with Crippen molar-refractivity contribution in [3.8, 4) is 0 Å². The number of anilines is 1. The van der Waals surface area contributed by atoms with Crippen LogP contribution in [0.5, 0.6) is 0 Å². The molecule has 2 N–H and O–H groups in total. The first kappa shape index (κ1) is 21.7. The predicted octanol–water partition coefficient (Wildman–Crippen LogP) is 3.35. The van der Waals surface area contributed by atoms with Crippen LogP contribution < -0.4 is 10.6 Å². The minimum absolute atomic E-state index is 0.0321. The summed E-state index contributed by atoms with van der Waals surface area (Å²) in [5, 5.41) is 14.4. The van der Waals surface area contributed by atoms with Gasteiger partial charge in [0.05, 0.1) is 5.92 Å². The number of nitrogens with zero attached hydrogens (tertiary/aromatic N) is 3. The highest BCUT2D eigenvalue weighted by Crippen LogP contribution is 2.23. The number of aromatic nitrogens is 2. The first-order chi connectivity index (χ1) is 15.0. The van der Waals surface area contributed by atoms with Crippen molar-refractivity contribution >= 4 is 46.3 Å². The van der Waals surface area contributed by atoms with E-state index in [4.69, 9.17) is 11.6 Å². The molecule has 1 aliphatic carbocycles. The molecule has 2 aromatic rings. The normalized spacial score (nSPS) is 19.3. The summed E-state index contributed by atoms with van der Waals surface area (Å²) in [4.78, 5) is 39.6. The van der Waals surface area contributed by atoms with Crippen LogP contribution in [0.3, 0.4) is 0 Å². The van der Waals surface area contributed by atoms with Gasteiger partial charge in [0.15, 0.2) is 0 Å². The Morgan fingerprint density at radius 3 is 2.45 bits per heavy atom. The van der Waals surface area contributed by atoms with Gasteiger partial charge in [-0.3, -0.25) is 14.4 Å². The van der Waals surface area contributed by atoms with Gasteiger partial charge in [0, 0.05) is 29.8 Å². The topological polar surface area (TPSA) is 104 Å². The smallest absolute Gasteiger partial charge is 0.286 e. The monoisotopic (exact) mass is 461 g/mol. The minimum Gasteiger partial charge on any atom is -0.353 e. The van der Waals surface area contributed by atoms with E-state index >= 15 is 0 Å². The molecule has 0 radical (unpaired) electrons. The molecule has 1 saturated carbocycles. The van der Waals surface area contributed by atoms with Gasteiger partial charge in [-0.2, -0.15) is 0 Å². The van der Waals surface area contributed by atoms with Crippen LogP contribution in [0.4, 0.5) is 5.69 Å². The number of hydrogen-bond donors (Lipinski definition) is 2. The molecule has 1 atom stereocenters. The van der Waals surface area contributed by atoms with E-state index in [-0.39, 0.29) is 33.8 Å². The maximum Gasteiger partial charge on any atom is 0.286 e. The summed E-state index contributed by atoms with van der Waals surface area (Å²) in [6, 6.07) is 6.96. The van der Waals surface area contributed by atoms with E-state index in [2.05, 4.69) is 20.8 Å². The lowest BCUT2D eigenvalue weighted by Gasteiger charge is -2.32. The van der Waals surface area contributed by atoms with E-state index in [1.807, 2.05) is 0 Å². The lowest BCUT2D eigenvalue weighted by atomic mass is 9.96. The van der Waals surface area contributed by atoms with Gasteiger partial charge in [-0.15, -0.1) is 10.2 Å². The first-order valence-corrected chi connectivity index (χ1v) is 11.7. The SMILES string of the molecule is O=C(Nc1ccc(Cl)cc1)c1nnc(C(=O)N2CCCC(C(=O)NC3CCCC3)C2)s1. The zero-order valence-electron chi connectivity index (χ0n) is 17.0. The maximum absolute atomic E-state index is 12.9. The molecule has 0 bridgehead atoms. The third-order valence-corrected chi connectivity index (χ3v) is 6.85. The molecule has 1 aromatic heterocycles. The molecule has 0 spiro atoms. The highest BCUT2D eigenvalue weighted by Gasteiger charge is 2.32. The average molecular weight is 462 g/mol. The number of carbonyl (C=O) groups is 3. The van der Waals surface area contributed by atoms with Crippen molar-refractivity contribution < 1.29 is 14.4 Å². The van der Waals surface area contributed by atoms with Crippen molar-refractivity contribution in [3.63, 3.8) is 0 Å². The standard InChI is InChI=1S/C21H24ClN5O3S/c22-14-7-9-16(10-8-14)24-18(29)19-25-26-20(31-19)21(30)27-11-3-4-13(12-27)17(28)23-15-5-1-2-6-15/h7-10,13,15H,1-6,11-12H2,(H,23,28)(H,24,29). The number of likely N-dealkylation sites (tertiary alicyclic amines) is 1. The summed E-state index contributed by atoms with van der Waals surface area (Å²) in [5.74, 6) is -0.906. The third-order valence-electron chi connectivity index (χ3n) is 5.69. The Labute approximate surface area is 189 Å². The minimum atomic E-state index is -0.439. The van der Waals surface area contributed by atoms with Crippen molar-refractivity contribution in [3.05, 3.63) is 39.3 Å². The molecule has 1 aromatic carbocycles. The van der Waals surface area contributed by atoms with Gasteiger partial charge in [0.1, 0.15) is 0 Å².